The maximum absolute atomic E-state index is 13.0. The molecule has 0 aliphatic carbocycles. The Hall–Kier alpha value is -1.14. The molecule has 2 aliphatic heterocycles. The minimum atomic E-state index is -0.514. The average molecular weight is 297 g/mol. The van der Waals surface area contributed by atoms with Crippen molar-refractivity contribution in [2.45, 2.75) is 57.7 Å². The fourth-order valence-corrected chi connectivity index (χ4v) is 3.16. The van der Waals surface area contributed by atoms with E-state index in [-0.39, 0.29) is 24.5 Å². The Labute approximate surface area is 126 Å². The lowest BCUT2D eigenvalue weighted by Crippen LogP contribution is -2.63. The maximum Gasteiger partial charge on any atom is 0.245 e. The van der Waals surface area contributed by atoms with Crippen LogP contribution in [-0.2, 0) is 14.3 Å². The summed E-state index contributed by atoms with van der Waals surface area (Å²) in [5.74, 6) is -0.0722. The van der Waals surface area contributed by atoms with Crippen LogP contribution in [0.1, 0.15) is 40.0 Å². The second-order valence-corrected chi connectivity index (χ2v) is 6.22. The summed E-state index contributed by atoms with van der Waals surface area (Å²) >= 11 is 0. The van der Waals surface area contributed by atoms with Gasteiger partial charge in [0.25, 0.3) is 0 Å². The summed E-state index contributed by atoms with van der Waals surface area (Å²) < 4.78 is 5.42. The molecule has 21 heavy (non-hydrogen) atoms. The molecule has 2 saturated heterocycles. The van der Waals surface area contributed by atoms with Crippen molar-refractivity contribution < 1.29 is 14.3 Å². The fraction of sp³-hybridized carbons (Fsp3) is 0.867. The molecule has 2 amide bonds. The van der Waals surface area contributed by atoms with E-state index in [9.17, 15) is 9.59 Å². The minimum Gasteiger partial charge on any atom is -0.377 e. The van der Waals surface area contributed by atoms with Crippen LogP contribution in [0.2, 0.25) is 0 Å². The zero-order chi connectivity index (χ0) is 15.5. The van der Waals surface area contributed by atoms with Crippen molar-refractivity contribution in [1.82, 2.24) is 15.5 Å². The third-order valence-electron chi connectivity index (χ3n) is 4.38. The number of rotatable bonds is 4. The summed E-state index contributed by atoms with van der Waals surface area (Å²) in [6, 6.07) is -0.458. The molecule has 0 aromatic rings. The van der Waals surface area contributed by atoms with Gasteiger partial charge in [0.05, 0.1) is 18.8 Å². The van der Waals surface area contributed by atoms with Gasteiger partial charge in [-0.1, -0.05) is 6.92 Å². The molecule has 2 atom stereocenters. The molecule has 6 heteroatoms. The number of nitrogens with zero attached hydrogens (tertiary/aromatic N) is 1. The molecule has 2 rings (SSSR count). The van der Waals surface area contributed by atoms with Gasteiger partial charge in [0, 0.05) is 12.6 Å². The third-order valence-corrected chi connectivity index (χ3v) is 4.38. The molecule has 0 spiro atoms. The predicted octanol–water partition coefficient (Wildman–Crippen LogP) is 0.271. The van der Waals surface area contributed by atoms with E-state index in [4.69, 9.17) is 4.74 Å². The van der Waals surface area contributed by atoms with Gasteiger partial charge in [-0.25, -0.2) is 0 Å². The van der Waals surface area contributed by atoms with Crippen molar-refractivity contribution >= 4 is 11.8 Å². The summed E-state index contributed by atoms with van der Waals surface area (Å²) in [7, 11) is 0. The van der Waals surface area contributed by atoms with E-state index < -0.39 is 11.6 Å². The largest absolute Gasteiger partial charge is 0.377 e. The third kappa shape index (κ3) is 3.37. The molecule has 2 heterocycles. The highest BCUT2D eigenvalue weighted by Crippen LogP contribution is 2.27. The highest BCUT2D eigenvalue weighted by Gasteiger charge is 2.45. The molecule has 0 saturated carbocycles. The molecular formula is C15H27N3O3. The average Bonchev–Trinajstić information content (AvgIpc) is 2.96. The lowest BCUT2D eigenvalue weighted by molar-refractivity contribution is -0.153. The van der Waals surface area contributed by atoms with Crippen LogP contribution in [-0.4, -0.2) is 60.6 Å². The molecule has 0 aromatic heterocycles. The van der Waals surface area contributed by atoms with Gasteiger partial charge in [-0.15, -0.1) is 0 Å². The van der Waals surface area contributed by atoms with Gasteiger partial charge in [0.1, 0.15) is 6.04 Å². The lowest BCUT2D eigenvalue weighted by Gasteiger charge is -2.40. The summed E-state index contributed by atoms with van der Waals surface area (Å²) in [6.07, 6.45) is 2.60. The Morgan fingerprint density at radius 3 is 2.81 bits per heavy atom. The van der Waals surface area contributed by atoms with Crippen molar-refractivity contribution in [3.8, 4) is 0 Å². The summed E-state index contributed by atoms with van der Waals surface area (Å²) in [5.41, 5.74) is -0.492. The first-order valence-electron chi connectivity index (χ1n) is 7.94. The Kier molecular flexibility index (Phi) is 5.22. The number of morpholine rings is 1. The SMILES string of the molecule is CCC1(C(=O)N2CCOCC2C(=O)NC(C)C)CCCN1. The van der Waals surface area contributed by atoms with Gasteiger partial charge in [-0.3, -0.25) is 9.59 Å². The van der Waals surface area contributed by atoms with Crippen LogP contribution in [0.25, 0.3) is 0 Å². The van der Waals surface area contributed by atoms with Crippen LogP contribution in [0.5, 0.6) is 0 Å². The molecule has 120 valence electrons. The van der Waals surface area contributed by atoms with Gasteiger partial charge >= 0.3 is 0 Å². The Balaban J connectivity index is 2.14. The van der Waals surface area contributed by atoms with Crippen LogP contribution in [0.15, 0.2) is 0 Å². The number of hydrogen-bond acceptors (Lipinski definition) is 4. The van der Waals surface area contributed by atoms with Crippen LogP contribution < -0.4 is 10.6 Å². The number of carbonyl (C=O) groups is 2. The smallest absolute Gasteiger partial charge is 0.245 e. The first kappa shape index (κ1) is 16.2. The van der Waals surface area contributed by atoms with Crippen LogP contribution in [0.4, 0.5) is 0 Å². The van der Waals surface area contributed by atoms with Crippen LogP contribution >= 0.6 is 0 Å². The first-order chi connectivity index (χ1) is 10.00. The van der Waals surface area contributed by atoms with Gasteiger partial charge < -0.3 is 20.3 Å². The van der Waals surface area contributed by atoms with E-state index >= 15 is 0 Å². The molecular weight excluding hydrogens is 270 g/mol. The summed E-state index contributed by atoms with van der Waals surface area (Å²) in [6.45, 7) is 7.99. The zero-order valence-electron chi connectivity index (χ0n) is 13.3. The van der Waals surface area contributed by atoms with Crippen molar-refractivity contribution in [1.29, 1.82) is 0 Å². The topological polar surface area (TPSA) is 70.7 Å². The Morgan fingerprint density at radius 2 is 2.24 bits per heavy atom. The Bertz CT molecular complexity index is 392. The number of hydrogen-bond donors (Lipinski definition) is 2. The predicted molar refractivity (Wildman–Crippen MR) is 79.9 cm³/mol. The molecule has 0 aromatic carbocycles. The van der Waals surface area contributed by atoms with Crippen molar-refractivity contribution in [3.63, 3.8) is 0 Å². The quantitative estimate of drug-likeness (QED) is 0.781. The molecule has 2 N–H and O–H groups in total. The lowest BCUT2D eigenvalue weighted by atomic mass is 9.91. The van der Waals surface area contributed by atoms with E-state index in [1.54, 1.807) is 4.90 Å². The maximum atomic E-state index is 13.0. The fourth-order valence-electron chi connectivity index (χ4n) is 3.16. The van der Waals surface area contributed by atoms with E-state index in [1.165, 1.54) is 0 Å². The Morgan fingerprint density at radius 1 is 1.48 bits per heavy atom. The van der Waals surface area contributed by atoms with Gasteiger partial charge in [-0.2, -0.15) is 0 Å². The number of ether oxygens (including phenoxy) is 1. The number of carbonyl (C=O) groups excluding carboxylic acids is 2. The van der Waals surface area contributed by atoms with Gasteiger partial charge in [0.15, 0.2) is 0 Å². The zero-order valence-corrected chi connectivity index (χ0v) is 13.3. The van der Waals surface area contributed by atoms with E-state index in [0.717, 1.165) is 25.8 Å². The highest BCUT2D eigenvalue weighted by atomic mass is 16.5. The van der Waals surface area contributed by atoms with Gasteiger partial charge in [0.2, 0.25) is 11.8 Å². The standard InChI is InChI=1S/C15H27N3O3/c1-4-15(6-5-7-16-15)14(20)18-8-9-21-10-12(18)13(19)17-11(2)3/h11-12,16H,4-10H2,1-3H3,(H,17,19). The van der Waals surface area contributed by atoms with Crippen molar-refractivity contribution in [2.75, 3.05) is 26.3 Å². The first-order valence-corrected chi connectivity index (χ1v) is 7.94. The molecule has 0 bridgehead atoms. The van der Waals surface area contributed by atoms with Gasteiger partial charge in [-0.05, 0) is 39.7 Å². The van der Waals surface area contributed by atoms with Crippen LogP contribution in [0, 0.1) is 0 Å². The normalized spacial score (nSPS) is 29.7. The second kappa shape index (κ2) is 6.75. The molecule has 2 fully saturated rings. The van der Waals surface area contributed by atoms with E-state index in [2.05, 4.69) is 10.6 Å². The van der Waals surface area contributed by atoms with Crippen LogP contribution in [0.3, 0.4) is 0 Å². The highest BCUT2D eigenvalue weighted by molar-refractivity contribution is 5.92. The van der Waals surface area contributed by atoms with Crippen molar-refractivity contribution in [3.05, 3.63) is 0 Å². The second-order valence-electron chi connectivity index (χ2n) is 6.22. The minimum absolute atomic E-state index is 0.0507. The number of nitrogens with one attached hydrogen (secondary N) is 2. The van der Waals surface area contributed by atoms with E-state index in [1.807, 2.05) is 20.8 Å². The molecule has 0 radical (unpaired) electrons. The summed E-state index contributed by atoms with van der Waals surface area (Å²) in [4.78, 5) is 27.0. The molecule has 2 unspecified atom stereocenters. The summed E-state index contributed by atoms with van der Waals surface area (Å²) in [5, 5.41) is 6.24. The molecule has 6 nitrogen and oxygen atoms in total. The van der Waals surface area contributed by atoms with Crippen molar-refractivity contribution in [2.24, 2.45) is 0 Å². The monoisotopic (exact) mass is 297 g/mol. The van der Waals surface area contributed by atoms with E-state index in [0.29, 0.717) is 13.2 Å². The number of amides is 2. The molecule has 2 aliphatic rings.